The van der Waals surface area contributed by atoms with Crippen molar-refractivity contribution in [2.24, 2.45) is 11.1 Å². The van der Waals surface area contributed by atoms with E-state index in [0.29, 0.717) is 5.41 Å². The van der Waals surface area contributed by atoms with Crippen molar-refractivity contribution in [2.45, 2.75) is 46.1 Å². The smallest absolute Gasteiger partial charge is 0.119 e. The highest BCUT2D eigenvalue weighted by molar-refractivity contribution is 5.40. The second kappa shape index (κ2) is 4.69. The molecule has 1 aliphatic rings. The van der Waals surface area contributed by atoms with Gasteiger partial charge in [0.1, 0.15) is 5.75 Å². The molecular weight excluding hydrogens is 210 g/mol. The second-order valence-electron chi connectivity index (χ2n) is 6.16. The van der Waals surface area contributed by atoms with Gasteiger partial charge in [0.15, 0.2) is 0 Å². The van der Waals surface area contributed by atoms with Gasteiger partial charge in [-0.1, -0.05) is 26.8 Å². The fourth-order valence-corrected chi connectivity index (χ4v) is 2.19. The zero-order valence-corrected chi connectivity index (χ0v) is 11.1. The van der Waals surface area contributed by atoms with Crippen LogP contribution in [-0.2, 0) is 6.42 Å². The average molecular weight is 233 g/mol. The Kier molecular flexibility index (Phi) is 3.43. The summed E-state index contributed by atoms with van der Waals surface area (Å²) in [4.78, 5) is 0. The Labute approximate surface area is 104 Å². The minimum Gasteiger partial charge on any atom is -0.494 e. The van der Waals surface area contributed by atoms with Crippen molar-refractivity contribution in [2.75, 3.05) is 6.61 Å². The van der Waals surface area contributed by atoms with Crippen LogP contribution in [0.25, 0.3) is 0 Å². The van der Waals surface area contributed by atoms with E-state index in [1.807, 2.05) is 6.07 Å². The van der Waals surface area contributed by atoms with E-state index < -0.39 is 0 Å². The molecule has 0 aliphatic heterocycles. The Morgan fingerprint density at radius 1 is 1.35 bits per heavy atom. The molecule has 94 valence electrons. The van der Waals surface area contributed by atoms with Crippen LogP contribution in [0.5, 0.6) is 5.75 Å². The largest absolute Gasteiger partial charge is 0.494 e. The molecule has 1 aliphatic carbocycles. The summed E-state index contributed by atoms with van der Waals surface area (Å²) < 4.78 is 5.80. The van der Waals surface area contributed by atoms with Gasteiger partial charge in [0, 0.05) is 6.04 Å². The molecule has 1 aromatic rings. The van der Waals surface area contributed by atoms with Gasteiger partial charge < -0.3 is 10.5 Å². The van der Waals surface area contributed by atoms with Crippen LogP contribution in [-0.4, -0.2) is 6.61 Å². The van der Waals surface area contributed by atoms with Gasteiger partial charge in [0.25, 0.3) is 0 Å². The molecule has 0 heterocycles. The number of hydrogen-bond acceptors (Lipinski definition) is 2. The van der Waals surface area contributed by atoms with Crippen LogP contribution in [0.2, 0.25) is 0 Å². The summed E-state index contributed by atoms with van der Waals surface area (Å²) in [5.41, 5.74) is 9.01. The van der Waals surface area contributed by atoms with Gasteiger partial charge in [0.2, 0.25) is 0 Å². The lowest BCUT2D eigenvalue weighted by molar-refractivity contribution is 0.243. The van der Waals surface area contributed by atoms with Crippen molar-refractivity contribution in [3.8, 4) is 5.75 Å². The van der Waals surface area contributed by atoms with E-state index in [4.69, 9.17) is 10.5 Å². The molecule has 0 saturated heterocycles. The van der Waals surface area contributed by atoms with Gasteiger partial charge in [-0.25, -0.2) is 0 Å². The molecule has 2 rings (SSSR count). The third kappa shape index (κ3) is 3.22. The third-order valence-corrected chi connectivity index (χ3v) is 3.36. The van der Waals surface area contributed by atoms with Crippen LogP contribution >= 0.6 is 0 Å². The number of nitrogens with two attached hydrogens (primary N) is 1. The van der Waals surface area contributed by atoms with Crippen LogP contribution in [0, 0.1) is 5.41 Å². The van der Waals surface area contributed by atoms with E-state index in [1.54, 1.807) is 0 Å². The van der Waals surface area contributed by atoms with Crippen LogP contribution in [0.3, 0.4) is 0 Å². The highest BCUT2D eigenvalue weighted by Crippen LogP contribution is 2.32. The van der Waals surface area contributed by atoms with E-state index in [2.05, 4.69) is 32.9 Å². The van der Waals surface area contributed by atoms with Gasteiger partial charge in [0.05, 0.1) is 6.61 Å². The molecule has 0 unspecified atom stereocenters. The van der Waals surface area contributed by atoms with E-state index in [1.165, 1.54) is 11.1 Å². The second-order valence-corrected chi connectivity index (χ2v) is 6.16. The minimum absolute atomic E-state index is 0.230. The standard InChI is InChI=1S/C15H23NO/c1-15(2,3)8-9-17-12-5-6-13-11(10-12)4-7-14(13)16/h5-6,10,14H,4,7-9,16H2,1-3H3/t14-/m1/s1. The van der Waals surface area contributed by atoms with Crippen molar-refractivity contribution in [3.05, 3.63) is 29.3 Å². The van der Waals surface area contributed by atoms with Crippen molar-refractivity contribution < 1.29 is 4.74 Å². The summed E-state index contributed by atoms with van der Waals surface area (Å²) in [6.45, 7) is 7.49. The molecule has 1 atom stereocenters. The van der Waals surface area contributed by atoms with E-state index >= 15 is 0 Å². The number of rotatable bonds is 3. The normalized spacial score (nSPS) is 19.2. The Balaban J connectivity index is 1.95. The Hall–Kier alpha value is -1.02. The number of hydrogen-bond donors (Lipinski definition) is 1. The first-order valence-corrected chi connectivity index (χ1v) is 6.47. The van der Waals surface area contributed by atoms with Crippen molar-refractivity contribution in [3.63, 3.8) is 0 Å². The molecule has 0 amide bonds. The number of ether oxygens (including phenoxy) is 1. The van der Waals surface area contributed by atoms with Crippen molar-refractivity contribution >= 4 is 0 Å². The summed E-state index contributed by atoms with van der Waals surface area (Å²) in [5.74, 6) is 0.988. The van der Waals surface area contributed by atoms with Crippen LogP contribution in [0.4, 0.5) is 0 Å². The van der Waals surface area contributed by atoms with Gasteiger partial charge in [-0.15, -0.1) is 0 Å². The van der Waals surface area contributed by atoms with Gasteiger partial charge in [-0.05, 0) is 47.9 Å². The first kappa shape index (κ1) is 12.4. The molecule has 17 heavy (non-hydrogen) atoms. The lowest BCUT2D eigenvalue weighted by atomic mass is 9.93. The molecule has 2 heteroatoms. The van der Waals surface area contributed by atoms with Crippen LogP contribution in [0.15, 0.2) is 18.2 Å². The van der Waals surface area contributed by atoms with Crippen LogP contribution in [0.1, 0.15) is 50.8 Å². The zero-order valence-electron chi connectivity index (χ0n) is 11.1. The zero-order chi connectivity index (χ0) is 12.5. The van der Waals surface area contributed by atoms with Crippen molar-refractivity contribution in [1.29, 1.82) is 0 Å². The van der Waals surface area contributed by atoms with E-state index in [-0.39, 0.29) is 6.04 Å². The predicted molar refractivity (Wildman–Crippen MR) is 71.3 cm³/mol. The maximum absolute atomic E-state index is 6.01. The number of aryl methyl sites for hydroxylation is 1. The van der Waals surface area contributed by atoms with Crippen LogP contribution < -0.4 is 10.5 Å². The maximum atomic E-state index is 6.01. The quantitative estimate of drug-likeness (QED) is 0.868. The molecular formula is C15H23NO. The SMILES string of the molecule is CC(C)(C)CCOc1ccc2c(c1)CC[C@H]2N. The first-order chi connectivity index (χ1) is 7.96. The first-order valence-electron chi connectivity index (χ1n) is 6.47. The Bertz CT molecular complexity index is 392. The number of benzene rings is 1. The topological polar surface area (TPSA) is 35.2 Å². The fraction of sp³-hybridized carbons (Fsp3) is 0.600. The Morgan fingerprint density at radius 2 is 2.12 bits per heavy atom. The summed E-state index contributed by atoms with van der Waals surface area (Å²) in [5, 5.41) is 0. The lowest BCUT2D eigenvalue weighted by Crippen LogP contribution is -2.11. The molecule has 0 fully saturated rings. The highest BCUT2D eigenvalue weighted by atomic mass is 16.5. The molecule has 0 bridgehead atoms. The molecule has 1 aromatic carbocycles. The maximum Gasteiger partial charge on any atom is 0.119 e. The molecule has 0 aromatic heterocycles. The van der Waals surface area contributed by atoms with E-state index in [0.717, 1.165) is 31.6 Å². The average Bonchev–Trinajstić information content (AvgIpc) is 2.58. The van der Waals surface area contributed by atoms with Gasteiger partial charge in [-0.3, -0.25) is 0 Å². The van der Waals surface area contributed by atoms with E-state index in [9.17, 15) is 0 Å². The molecule has 2 nitrogen and oxygen atoms in total. The summed E-state index contributed by atoms with van der Waals surface area (Å²) in [7, 11) is 0. The third-order valence-electron chi connectivity index (χ3n) is 3.36. The predicted octanol–water partition coefficient (Wildman–Crippen LogP) is 3.45. The molecule has 0 spiro atoms. The lowest BCUT2D eigenvalue weighted by Gasteiger charge is -2.18. The summed E-state index contributed by atoms with van der Waals surface area (Å²) >= 11 is 0. The van der Waals surface area contributed by atoms with Gasteiger partial charge in [-0.2, -0.15) is 0 Å². The highest BCUT2D eigenvalue weighted by Gasteiger charge is 2.19. The van der Waals surface area contributed by atoms with Crippen molar-refractivity contribution in [1.82, 2.24) is 0 Å². The summed E-state index contributed by atoms with van der Waals surface area (Å²) in [6.07, 6.45) is 3.23. The monoisotopic (exact) mass is 233 g/mol. The molecule has 2 N–H and O–H groups in total. The Morgan fingerprint density at radius 3 is 2.82 bits per heavy atom. The summed E-state index contributed by atoms with van der Waals surface area (Å²) in [6, 6.07) is 6.56. The molecule has 0 saturated carbocycles. The minimum atomic E-state index is 0.230. The van der Waals surface area contributed by atoms with Gasteiger partial charge >= 0.3 is 0 Å². The molecule has 0 radical (unpaired) electrons. The fourth-order valence-electron chi connectivity index (χ4n) is 2.19. The number of fused-ring (bicyclic) bond motifs is 1.